The summed E-state index contributed by atoms with van der Waals surface area (Å²) in [7, 11) is 0. The quantitative estimate of drug-likeness (QED) is 0.885. The molecule has 0 saturated heterocycles. The van der Waals surface area contributed by atoms with Crippen LogP contribution in [0.15, 0.2) is 28.7 Å². The molecule has 2 unspecified atom stereocenters. The van der Waals surface area contributed by atoms with E-state index in [0.29, 0.717) is 6.42 Å². The number of carbonyl (C=O) groups is 1. The van der Waals surface area contributed by atoms with Crippen LogP contribution in [0, 0.1) is 5.92 Å². The molecule has 0 spiro atoms. The second-order valence-corrected chi connectivity index (χ2v) is 4.55. The van der Waals surface area contributed by atoms with Gasteiger partial charge in [0.15, 0.2) is 0 Å². The van der Waals surface area contributed by atoms with Crippen molar-refractivity contribution >= 4 is 21.9 Å². The minimum absolute atomic E-state index is 0.228. The van der Waals surface area contributed by atoms with Crippen molar-refractivity contribution < 1.29 is 9.90 Å². The van der Waals surface area contributed by atoms with E-state index in [0.717, 1.165) is 10.0 Å². The molecule has 0 aromatic heterocycles. The number of halogens is 1. The third kappa shape index (κ3) is 3.64. The van der Waals surface area contributed by atoms with E-state index in [2.05, 4.69) is 15.9 Å². The highest BCUT2D eigenvalue weighted by atomic mass is 79.9. The lowest BCUT2D eigenvalue weighted by atomic mass is 9.97. The molecule has 0 aliphatic rings. The van der Waals surface area contributed by atoms with Crippen molar-refractivity contribution in [3.63, 3.8) is 0 Å². The first-order chi connectivity index (χ1) is 7.00. The van der Waals surface area contributed by atoms with Crippen LogP contribution < -0.4 is 5.73 Å². The Balaban J connectivity index is 2.68. The summed E-state index contributed by atoms with van der Waals surface area (Å²) in [5.74, 6) is -1.22. The summed E-state index contributed by atoms with van der Waals surface area (Å²) < 4.78 is 0.957. The Hall–Kier alpha value is -0.870. The Labute approximate surface area is 97.4 Å². The summed E-state index contributed by atoms with van der Waals surface area (Å²) in [6.45, 7) is 1.67. The van der Waals surface area contributed by atoms with Gasteiger partial charge in [0, 0.05) is 10.5 Å². The predicted octanol–water partition coefficient (Wildman–Crippen LogP) is 2.56. The Morgan fingerprint density at radius 1 is 1.60 bits per heavy atom. The first-order valence-electron chi connectivity index (χ1n) is 4.74. The van der Waals surface area contributed by atoms with Gasteiger partial charge < -0.3 is 10.8 Å². The molecule has 4 heteroatoms. The first kappa shape index (κ1) is 12.2. The lowest BCUT2D eigenvalue weighted by Gasteiger charge is -2.14. The highest BCUT2D eigenvalue weighted by molar-refractivity contribution is 9.10. The van der Waals surface area contributed by atoms with Crippen LogP contribution in [0.4, 0.5) is 0 Å². The van der Waals surface area contributed by atoms with Gasteiger partial charge in [-0.1, -0.05) is 35.0 Å². The topological polar surface area (TPSA) is 63.3 Å². The van der Waals surface area contributed by atoms with Crippen molar-refractivity contribution in [1.82, 2.24) is 0 Å². The maximum atomic E-state index is 10.7. The van der Waals surface area contributed by atoms with E-state index in [-0.39, 0.29) is 6.04 Å². The fourth-order valence-corrected chi connectivity index (χ4v) is 1.77. The molecule has 1 rings (SSSR count). The molecule has 0 aliphatic carbocycles. The van der Waals surface area contributed by atoms with E-state index in [9.17, 15) is 4.79 Å². The monoisotopic (exact) mass is 271 g/mol. The first-order valence-corrected chi connectivity index (χ1v) is 5.54. The van der Waals surface area contributed by atoms with E-state index in [1.807, 2.05) is 24.3 Å². The molecule has 15 heavy (non-hydrogen) atoms. The van der Waals surface area contributed by atoms with Crippen LogP contribution in [0.3, 0.4) is 0 Å². The largest absolute Gasteiger partial charge is 0.481 e. The number of carboxylic acids is 1. The number of benzene rings is 1. The maximum absolute atomic E-state index is 10.7. The van der Waals surface area contributed by atoms with Crippen LogP contribution in [0.25, 0.3) is 0 Å². The summed E-state index contributed by atoms with van der Waals surface area (Å²) in [4.78, 5) is 10.7. The molecule has 0 fully saturated rings. The van der Waals surface area contributed by atoms with Crippen LogP contribution in [-0.2, 0) is 4.79 Å². The van der Waals surface area contributed by atoms with Crippen LogP contribution in [0.1, 0.15) is 24.9 Å². The van der Waals surface area contributed by atoms with Gasteiger partial charge in [0.05, 0.1) is 5.92 Å². The molecular formula is C11H14BrNO2. The van der Waals surface area contributed by atoms with Crippen LogP contribution in [-0.4, -0.2) is 11.1 Å². The fourth-order valence-electron chi connectivity index (χ4n) is 1.36. The van der Waals surface area contributed by atoms with E-state index < -0.39 is 11.9 Å². The summed E-state index contributed by atoms with van der Waals surface area (Å²) in [5, 5.41) is 8.77. The van der Waals surface area contributed by atoms with Gasteiger partial charge >= 0.3 is 5.97 Å². The summed E-state index contributed by atoms with van der Waals surface area (Å²) >= 11 is 3.35. The van der Waals surface area contributed by atoms with Gasteiger partial charge in [-0.2, -0.15) is 0 Å². The molecule has 1 aromatic carbocycles. The van der Waals surface area contributed by atoms with Crippen molar-refractivity contribution in [2.45, 2.75) is 19.4 Å². The average molecular weight is 272 g/mol. The SMILES string of the molecule is CC(CC(N)c1cccc(Br)c1)C(=O)O. The average Bonchev–Trinajstić information content (AvgIpc) is 2.17. The highest BCUT2D eigenvalue weighted by Crippen LogP contribution is 2.21. The molecule has 2 atom stereocenters. The molecule has 3 N–H and O–H groups in total. The second-order valence-electron chi connectivity index (χ2n) is 3.64. The van der Waals surface area contributed by atoms with E-state index in [1.54, 1.807) is 6.92 Å². The van der Waals surface area contributed by atoms with Gasteiger partial charge in [0.25, 0.3) is 0 Å². The lowest BCUT2D eigenvalue weighted by molar-refractivity contribution is -0.141. The summed E-state index contributed by atoms with van der Waals surface area (Å²) in [6, 6.07) is 7.40. The standard InChI is InChI=1S/C11H14BrNO2/c1-7(11(14)15)5-10(13)8-3-2-4-9(12)6-8/h2-4,6-7,10H,5,13H2,1H3,(H,14,15). The molecule has 0 saturated carbocycles. The molecule has 0 radical (unpaired) electrons. The minimum Gasteiger partial charge on any atom is -0.481 e. The van der Waals surface area contributed by atoms with Gasteiger partial charge in [-0.3, -0.25) is 4.79 Å². The van der Waals surface area contributed by atoms with E-state index in [4.69, 9.17) is 10.8 Å². The van der Waals surface area contributed by atoms with E-state index >= 15 is 0 Å². The zero-order valence-electron chi connectivity index (χ0n) is 8.48. The number of aliphatic carboxylic acids is 1. The van der Waals surface area contributed by atoms with Gasteiger partial charge in [-0.25, -0.2) is 0 Å². The molecule has 0 amide bonds. The molecular weight excluding hydrogens is 258 g/mol. The van der Waals surface area contributed by atoms with Gasteiger partial charge in [0.1, 0.15) is 0 Å². The van der Waals surface area contributed by atoms with Crippen molar-refractivity contribution in [3.05, 3.63) is 34.3 Å². The van der Waals surface area contributed by atoms with E-state index in [1.165, 1.54) is 0 Å². The Morgan fingerprint density at radius 2 is 2.27 bits per heavy atom. The smallest absolute Gasteiger partial charge is 0.306 e. The third-order valence-electron chi connectivity index (χ3n) is 2.31. The van der Waals surface area contributed by atoms with Crippen LogP contribution in [0.2, 0.25) is 0 Å². The van der Waals surface area contributed by atoms with Crippen molar-refractivity contribution in [3.8, 4) is 0 Å². The van der Waals surface area contributed by atoms with Crippen LogP contribution in [0.5, 0.6) is 0 Å². The molecule has 0 heterocycles. The summed E-state index contributed by atoms with van der Waals surface area (Å²) in [5.41, 5.74) is 6.87. The zero-order chi connectivity index (χ0) is 11.4. The molecule has 0 aliphatic heterocycles. The fraction of sp³-hybridized carbons (Fsp3) is 0.364. The second kappa shape index (κ2) is 5.28. The predicted molar refractivity (Wildman–Crippen MR) is 62.5 cm³/mol. The van der Waals surface area contributed by atoms with Crippen molar-refractivity contribution in [1.29, 1.82) is 0 Å². The zero-order valence-corrected chi connectivity index (χ0v) is 10.1. The molecule has 1 aromatic rings. The maximum Gasteiger partial charge on any atom is 0.306 e. The van der Waals surface area contributed by atoms with Gasteiger partial charge in [-0.05, 0) is 24.1 Å². The number of carboxylic acid groups (broad SMARTS) is 1. The molecule has 82 valence electrons. The summed E-state index contributed by atoms with van der Waals surface area (Å²) in [6.07, 6.45) is 0.450. The lowest BCUT2D eigenvalue weighted by Crippen LogP contribution is -2.19. The Bertz CT molecular complexity index is 354. The Morgan fingerprint density at radius 3 is 2.80 bits per heavy atom. The normalized spacial score (nSPS) is 14.6. The number of hydrogen-bond acceptors (Lipinski definition) is 2. The molecule has 0 bridgehead atoms. The number of nitrogens with two attached hydrogens (primary N) is 1. The number of rotatable bonds is 4. The third-order valence-corrected chi connectivity index (χ3v) is 2.80. The van der Waals surface area contributed by atoms with Gasteiger partial charge in [0.2, 0.25) is 0 Å². The minimum atomic E-state index is -0.805. The highest BCUT2D eigenvalue weighted by Gasteiger charge is 2.16. The molecule has 3 nitrogen and oxygen atoms in total. The van der Waals surface area contributed by atoms with Crippen molar-refractivity contribution in [2.24, 2.45) is 11.7 Å². The van der Waals surface area contributed by atoms with Gasteiger partial charge in [-0.15, -0.1) is 0 Å². The van der Waals surface area contributed by atoms with Crippen molar-refractivity contribution in [2.75, 3.05) is 0 Å². The Kier molecular flexibility index (Phi) is 4.29. The van der Waals surface area contributed by atoms with Crippen LogP contribution >= 0.6 is 15.9 Å². The number of hydrogen-bond donors (Lipinski definition) is 2.